The average molecular weight is 2040 g/mol. The first-order valence-electron chi connectivity index (χ1n) is 47.6. The van der Waals surface area contributed by atoms with Crippen LogP contribution in [-0.4, -0.2) is 68.1 Å². The van der Waals surface area contributed by atoms with Crippen molar-refractivity contribution < 1.29 is 87.0 Å². The first kappa shape index (κ1) is 107. The van der Waals surface area contributed by atoms with E-state index in [1.54, 1.807) is 0 Å². The molecule has 0 fully saturated rings. The zero-order chi connectivity index (χ0) is 98.5. The maximum atomic E-state index is 12.3. The van der Waals surface area contributed by atoms with Crippen LogP contribution in [0, 0.1) is 0 Å². The van der Waals surface area contributed by atoms with Crippen LogP contribution in [0.15, 0.2) is 350 Å². The number of para-hydroxylation sites is 2. The van der Waals surface area contributed by atoms with Gasteiger partial charge < -0.3 is 37.2 Å². The Hall–Kier alpha value is -12.8. The van der Waals surface area contributed by atoms with Gasteiger partial charge in [0.15, 0.2) is 11.9 Å². The van der Waals surface area contributed by atoms with Gasteiger partial charge in [0.1, 0.15) is 13.1 Å². The third-order valence-electron chi connectivity index (χ3n) is 24.9. The van der Waals surface area contributed by atoms with E-state index < -0.39 is 16.0 Å². The SMILES string of the molecule is C(=[NH+]c1ccccc1)C1=C(c2ccccc2)/C(=C/Nc2ccccc2)CC1.CCCCBr.CCCCN1C(=O)c2cccc3cccc1c23.CCCC[N+]1=C(C)c2cccc3cccc1c23.CCCCn1/c(=C\C=C2/CCC(/C=C/C3=[N+](CCCC)c4cccc5cccc3c45)=C2c2ccccc2)c2cccc3cccc1c32.FP(F)(F)(F)F.F[P-](F)(F)(F)(F)F.O=C1Nc2cccc3cccc1c23.[Cl-].[F-]. The minimum absolute atomic E-state index is 0. The van der Waals surface area contributed by atoms with Crippen LogP contribution >= 0.6 is 31.9 Å². The number of hydrogen-bond donors (Lipinski definition) is 3. The minimum Gasteiger partial charge on any atom is -1.00 e. The summed E-state index contributed by atoms with van der Waals surface area (Å²) in [6.45, 7) is 17.4. The van der Waals surface area contributed by atoms with Crippen LogP contribution < -0.4 is 43.0 Å². The number of carbonyl (C=O) groups excluding carboxylic acids is 2. The fourth-order valence-corrected chi connectivity index (χ4v) is 19.2. The molecule has 21 rings (SSSR count). The molecule has 0 spiro atoms. The van der Waals surface area contributed by atoms with Crippen molar-refractivity contribution in [2.45, 2.75) is 138 Å². The number of anilines is 3. The predicted octanol–water partition coefficient (Wildman–Crippen LogP) is 28.3. The Morgan fingerprint density at radius 2 is 0.894 bits per heavy atom. The molecule has 2 amide bonds. The van der Waals surface area contributed by atoms with Crippen molar-refractivity contribution in [3.8, 4) is 0 Å². The number of aryl methyl sites for hydroxylation is 1. The quantitative estimate of drug-likeness (QED) is 0.0196. The molecule has 5 heterocycles. The van der Waals surface area contributed by atoms with E-state index in [9.17, 15) is 55.8 Å². The molecule has 0 radical (unpaired) electrons. The van der Waals surface area contributed by atoms with Gasteiger partial charge in [-0.2, -0.15) is 9.15 Å². The Morgan fingerprint density at radius 3 is 1.46 bits per heavy atom. The zero-order valence-corrected chi connectivity index (χ0v) is 83.7. The van der Waals surface area contributed by atoms with Gasteiger partial charge in [-0.05, 0) is 172 Å². The smallest absolute Gasteiger partial charge is 0.256 e. The zero-order valence-electron chi connectivity index (χ0n) is 79.6. The molecule has 141 heavy (non-hydrogen) atoms. The van der Waals surface area contributed by atoms with E-state index in [2.05, 4.69) is 330 Å². The van der Waals surface area contributed by atoms with E-state index >= 15 is 0 Å². The molecule has 6 aliphatic rings. The van der Waals surface area contributed by atoms with Gasteiger partial charge in [-0.3, -0.25) is 9.59 Å². The van der Waals surface area contributed by atoms with Gasteiger partial charge in [0, 0.05) is 135 Å². The Morgan fingerprint density at radius 1 is 0.447 bits per heavy atom. The normalized spacial score (nSPS) is 15.2. The van der Waals surface area contributed by atoms with Crippen LogP contribution in [0.3, 0.4) is 0 Å². The maximum absolute atomic E-state index is 12.3. The summed E-state index contributed by atoms with van der Waals surface area (Å²) in [6, 6.07) is 106. The summed E-state index contributed by atoms with van der Waals surface area (Å²) in [5.74, 6) is 0.164. The number of rotatable bonds is 23. The van der Waals surface area contributed by atoms with Crippen LogP contribution in [0.5, 0.6) is 0 Å². The Balaban J connectivity index is 0.000000160. The number of alkyl halides is 1. The van der Waals surface area contributed by atoms with Crippen molar-refractivity contribution in [3.63, 3.8) is 0 Å². The third-order valence-corrected chi connectivity index (χ3v) is 25.5. The molecule has 4 aliphatic heterocycles. The van der Waals surface area contributed by atoms with Crippen LogP contribution in [0.4, 0.5) is 80.3 Å². The standard InChI is InChI=1S/C45H43N2.C25H22N2.C16H18N.C15H15NO.C11H7NO.C4H9Br.ClH.F6P.F5P.FH/c1-3-5-30-46-39(37-20-10-16-33-18-12-22-41(46)44(33)37)28-26-35-24-25-36(43(35)32-14-8-7-9-15-32)27-29-40-38-21-11-17-34-19-13-23-42(45(34)38)47(40)31-6-4-2;1-4-10-20(11-5-1)25-21(18-26-23-12-6-2-7-13-23)16-17-22(25)19-27-24-14-8-3-9-15-24;1-3-4-11-17-12(2)14-9-5-7-13-8-6-10-15(17)16(13)14;1-2-3-10-16-13-9-5-7-11-6-4-8-12(14(11)13)15(16)17;13-11-8-5-1-3-7-4-2-6-9(12-11)10(7)8;1-2-3-4-5;;1-7(2,3,4,5)6;1-6(2,3,4)5;/h7-23,26-29H,3-6,24-25,30-31H2,1-2H3;1-15,18-19,26H,16-17H2;5-10H,3-4,11H2,1-2H3;4-9H,2-3,10H2,1H3;1-6H,(H,12,13);2-4H2,1H3;1H;;;1H/q+1;;+1;;;;;-1;;/p-1/b;21-18+,27-19?;;;;;;;;. The van der Waals surface area contributed by atoms with Gasteiger partial charge in [0.2, 0.25) is 22.8 Å². The van der Waals surface area contributed by atoms with E-state index in [4.69, 9.17) is 0 Å². The Bertz CT molecular complexity index is 7270. The van der Waals surface area contributed by atoms with Crippen molar-refractivity contribution in [2.75, 3.05) is 40.5 Å². The molecule has 0 unspecified atom stereocenters. The molecular weight excluding hydrogens is 1930 g/mol. The van der Waals surface area contributed by atoms with Crippen molar-refractivity contribution >= 4 is 177 Å². The number of carbonyl (C=O) groups is 2. The van der Waals surface area contributed by atoms with Crippen LogP contribution in [-0.2, 0) is 6.54 Å². The van der Waals surface area contributed by atoms with Crippen molar-refractivity contribution in [1.82, 2.24) is 4.57 Å². The summed E-state index contributed by atoms with van der Waals surface area (Å²) in [5.41, 5.74) is 26.3. The number of amides is 2. The minimum atomic E-state index is -10.7. The average Bonchev–Trinajstić information content (AvgIpc) is 1.60. The third kappa shape index (κ3) is 27.9. The van der Waals surface area contributed by atoms with E-state index in [0.29, 0.717) is 0 Å². The molecule has 1 aromatic heterocycles. The summed E-state index contributed by atoms with van der Waals surface area (Å²) in [5, 5.41) is 22.8. The predicted molar refractivity (Wildman–Crippen MR) is 566 cm³/mol. The monoisotopic (exact) mass is 2040 g/mol. The molecule has 25 heteroatoms. The van der Waals surface area contributed by atoms with E-state index in [0.717, 1.165) is 125 Å². The van der Waals surface area contributed by atoms with Gasteiger partial charge in [0.25, 0.3) is 11.8 Å². The van der Waals surface area contributed by atoms with Crippen molar-refractivity contribution in [2.24, 2.45) is 0 Å². The first-order valence-corrected chi connectivity index (χ1v) is 52.4. The fraction of sp³-hybridized carbons (Fsp3) is 0.216. The second-order valence-corrected chi connectivity index (χ2v) is 38.8. The number of nitrogens with one attached hydrogen (secondary N) is 3. The molecule has 14 aromatic carbocycles. The molecule has 0 bridgehead atoms. The molecular formula is C116H115BrClF12N7O2P2. The number of halogens is 14. The van der Waals surface area contributed by atoms with E-state index in [-0.39, 0.29) is 28.9 Å². The fourth-order valence-electron chi connectivity index (χ4n) is 18.6. The van der Waals surface area contributed by atoms with Crippen LogP contribution in [0.25, 0.3) is 82.0 Å². The topological polar surface area (TPSA) is 86.4 Å². The molecule has 0 saturated carbocycles. The molecule has 0 saturated heterocycles. The summed E-state index contributed by atoms with van der Waals surface area (Å²) >= 11 is 3.31. The van der Waals surface area contributed by atoms with Gasteiger partial charge in [-0.15, -0.1) is 0 Å². The summed E-state index contributed by atoms with van der Waals surface area (Å²) < 4.78 is 116. The Labute approximate surface area is 830 Å². The maximum Gasteiger partial charge on any atom is 0.256 e. The molecule has 0 atom stereocenters. The summed E-state index contributed by atoms with van der Waals surface area (Å²) in [7, 11) is -19.2. The molecule has 2 aliphatic carbocycles. The number of nitrogens with zero attached hydrogens (tertiary/aromatic N) is 4. The number of allylic oxidation sites excluding steroid dienone is 9. The first-order chi connectivity index (χ1) is 66.8. The second kappa shape index (κ2) is 47.2. The van der Waals surface area contributed by atoms with Gasteiger partial charge in [-0.1, -0.05) is 319 Å². The molecule has 15 aromatic rings. The number of hydrogen-bond acceptors (Lipinski definition) is 3. The number of aromatic nitrogens is 1. The van der Waals surface area contributed by atoms with Gasteiger partial charge in [-0.25, -0.2) is 4.99 Å². The van der Waals surface area contributed by atoms with Crippen molar-refractivity contribution in [3.05, 3.63) is 389 Å². The molecule has 9 nitrogen and oxygen atoms in total. The van der Waals surface area contributed by atoms with E-state index in [1.807, 2.05) is 102 Å². The van der Waals surface area contributed by atoms with Gasteiger partial charge >= 0.3 is 62.1 Å². The number of unbranched alkanes of at least 4 members (excludes halogenated alkanes) is 5. The van der Waals surface area contributed by atoms with Crippen LogP contribution in [0.2, 0.25) is 0 Å². The van der Waals surface area contributed by atoms with E-state index in [1.165, 1.54) is 178 Å². The Kier molecular flexibility index (Phi) is 35.8. The second-order valence-electron chi connectivity index (χ2n) is 34.8. The summed E-state index contributed by atoms with van der Waals surface area (Å²) in [6.07, 6.45) is 30.1. The number of benzene rings is 14. The largest absolute Gasteiger partial charge is 1.00 e. The molecule has 3 N–H and O–H groups in total. The summed E-state index contributed by atoms with van der Waals surface area (Å²) in [4.78, 5) is 29.1. The molecule has 734 valence electrons. The van der Waals surface area contributed by atoms with Gasteiger partial charge in [0.05, 0.1) is 27.6 Å². The van der Waals surface area contributed by atoms with Crippen molar-refractivity contribution in [1.29, 1.82) is 0 Å². The van der Waals surface area contributed by atoms with Crippen LogP contribution in [0.1, 0.15) is 174 Å².